The van der Waals surface area contributed by atoms with E-state index in [0.717, 1.165) is 12.8 Å². The highest BCUT2D eigenvalue weighted by Gasteiger charge is 2.31. The second kappa shape index (κ2) is 6.51. The van der Waals surface area contributed by atoms with E-state index in [1.165, 1.54) is 4.31 Å². The maximum atomic E-state index is 12.6. The van der Waals surface area contributed by atoms with E-state index < -0.39 is 10.0 Å². The predicted octanol–water partition coefficient (Wildman–Crippen LogP) is 1.31. The molecule has 0 aliphatic carbocycles. The molecule has 0 atom stereocenters. The van der Waals surface area contributed by atoms with Gasteiger partial charge >= 0.3 is 0 Å². The lowest BCUT2D eigenvalue weighted by molar-refractivity contribution is 0.0290. The molecule has 112 valence electrons. The van der Waals surface area contributed by atoms with Crippen molar-refractivity contribution in [2.45, 2.75) is 30.8 Å². The Morgan fingerprint density at radius 1 is 1.45 bits per heavy atom. The first kappa shape index (κ1) is 15.2. The van der Waals surface area contributed by atoms with Gasteiger partial charge in [0.05, 0.1) is 6.10 Å². The maximum Gasteiger partial charge on any atom is 0.246 e. The van der Waals surface area contributed by atoms with E-state index in [1.807, 2.05) is 6.92 Å². The number of sulfonamides is 1. The summed E-state index contributed by atoms with van der Waals surface area (Å²) < 4.78 is 32.3. The highest BCUT2D eigenvalue weighted by Crippen LogP contribution is 2.25. The smallest absolute Gasteiger partial charge is 0.246 e. The van der Waals surface area contributed by atoms with Crippen molar-refractivity contribution < 1.29 is 13.2 Å². The molecule has 0 amide bonds. The van der Waals surface area contributed by atoms with Crippen molar-refractivity contribution >= 4 is 15.8 Å². The topological polar surface area (TPSA) is 71.5 Å². The summed E-state index contributed by atoms with van der Waals surface area (Å²) in [5.74, 6) is 0.388. The summed E-state index contributed by atoms with van der Waals surface area (Å²) in [7, 11) is -1.82. The molecule has 0 bridgehead atoms. The van der Waals surface area contributed by atoms with Gasteiger partial charge in [-0.05, 0) is 31.9 Å². The van der Waals surface area contributed by atoms with E-state index in [2.05, 4.69) is 10.3 Å². The summed E-state index contributed by atoms with van der Waals surface area (Å²) in [5, 5.41) is 2.83. The molecule has 1 aliphatic rings. The SMILES string of the molecule is CCOC1CCN(S(=O)(=O)c2cccnc2NC)CC1. The second-order valence-corrected chi connectivity index (χ2v) is 6.57. The van der Waals surface area contributed by atoms with E-state index in [-0.39, 0.29) is 11.0 Å². The summed E-state index contributed by atoms with van der Waals surface area (Å²) in [5.41, 5.74) is 0. The fourth-order valence-electron chi connectivity index (χ4n) is 2.40. The second-order valence-electron chi connectivity index (χ2n) is 4.66. The van der Waals surface area contributed by atoms with E-state index >= 15 is 0 Å². The van der Waals surface area contributed by atoms with Crippen molar-refractivity contribution in [2.24, 2.45) is 0 Å². The number of ether oxygens (including phenoxy) is 1. The Balaban J connectivity index is 2.16. The van der Waals surface area contributed by atoms with Crippen LogP contribution in [-0.2, 0) is 14.8 Å². The Hall–Kier alpha value is -1.18. The molecule has 6 nitrogen and oxygen atoms in total. The zero-order valence-corrected chi connectivity index (χ0v) is 12.7. The van der Waals surface area contributed by atoms with Crippen molar-refractivity contribution in [2.75, 3.05) is 32.1 Å². The number of nitrogens with zero attached hydrogens (tertiary/aromatic N) is 2. The molecule has 1 fully saturated rings. The molecule has 1 saturated heterocycles. The monoisotopic (exact) mass is 299 g/mol. The number of hydrogen-bond acceptors (Lipinski definition) is 5. The number of pyridine rings is 1. The number of piperidine rings is 1. The molecule has 20 heavy (non-hydrogen) atoms. The zero-order chi connectivity index (χ0) is 14.6. The first-order valence-electron chi connectivity index (χ1n) is 6.84. The van der Waals surface area contributed by atoms with Crippen LogP contribution in [0.15, 0.2) is 23.2 Å². The van der Waals surface area contributed by atoms with Crippen molar-refractivity contribution in [3.05, 3.63) is 18.3 Å². The molecular weight excluding hydrogens is 278 g/mol. The summed E-state index contributed by atoms with van der Waals surface area (Å²) in [6.45, 7) is 3.61. The van der Waals surface area contributed by atoms with Gasteiger partial charge < -0.3 is 10.1 Å². The van der Waals surface area contributed by atoms with Gasteiger partial charge in [0.15, 0.2) is 0 Å². The van der Waals surface area contributed by atoms with Crippen molar-refractivity contribution in [1.82, 2.24) is 9.29 Å². The first-order chi connectivity index (χ1) is 9.59. The van der Waals surface area contributed by atoms with Crippen LogP contribution in [0.1, 0.15) is 19.8 Å². The third kappa shape index (κ3) is 3.11. The molecule has 0 spiro atoms. The van der Waals surface area contributed by atoms with Crippen LogP contribution >= 0.6 is 0 Å². The van der Waals surface area contributed by atoms with Gasteiger partial charge in [0, 0.05) is 32.9 Å². The normalized spacial score (nSPS) is 18.1. The Bertz CT molecular complexity index is 540. The molecule has 0 radical (unpaired) electrons. The van der Waals surface area contributed by atoms with Gasteiger partial charge in [-0.2, -0.15) is 4.31 Å². The van der Waals surface area contributed by atoms with E-state index in [9.17, 15) is 8.42 Å². The average molecular weight is 299 g/mol. The van der Waals surface area contributed by atoms with Crippen molar-refractivity contribution in [1.29, 1.82) is 0 Å². The Morgan fingerprint density at radius 3 is 2.75 bits per heavy atom. The minimum atomic E-state index is -3.49. The number of rotatable bonds is 5. The van der Waals surface area contributed by atoms with Crippen molar-refractivity contribution in [3.63, 3.8) is 0 Å². The number of aromatic nitrogens is 1. The highest BCUT2D eigenvalue weighted by molar-refractivity contribution is 7.89. The van der Waals surface area contributed by atoms with E-state index in [0.29, 0.717) is 25.5 Å². The van der Waals surface area contributed by atoms with Crippen LogP contribution in [0.4, 0.5) is 5.82 Å². The molecule has 1 aromatic rings. The van der Waals surface area contributed by atoms with Crippen molar-refractivity contribution in [3.8, 4) is 0 Å². The fraction of sp³-hybridized carbons (Fsp3) is 0.615. The lowest BCUT2D eigenvalue weighted by atomic mass is 10.1. The molecule has 0 aromatic carbocycles. The minimum absolute atomic E-state index is 0.170. The molecule has 1 N–H and O–H groups in total. The van der Waals surface area contributed by atoms with Gasteiger partial charge in [0.1, 0.15) is 10.7 Å². The lowest BCUT2D eigenvalue weighted by Gasteiger charge is -2.31. The summed E-state index contributed by atoms with van der Waals surface area (Å²) in [6, 6.07) is 3.23. The third-order valence-corrected chi connectivity index (χ3v) is 5.36. The quantitative estimate of drug-likeness (QED) is 0.887. The standard InChI is InChI=1S/C13H21N3O3S/c1-3-19-11-6-9-16(10-7-11)20(17,18)12-5-4-8-15-13(12)14-2/h4-5,8,11H,3,6-7,9-10H2,1-2H3,(H,14,15). The van der Waals surface area contributed by atoms with Gasteiger partial charge in [0.2, 0.25) is 10.0 Å². The Kier molecular flexibility index (Phi) is 4.95. The first-order valence-corrected chi connectivity index (χ1v) is 8.28. The van der Waals surface area contributed by atoms with E-state index in [1.54, 1.807) is 25.4 Å². The molecule has 7 heteroatoms. The van der Waals surface area contributed by atoms with Gasteiger partial charge in [-0.15, -0.1) is 0 Å². The number of anilines is 1. The maximum absolute atomic E-state index is 12.6. The van der Waals surface area contributed by atoms with Crippen LogP contribution in [0.2, 0.25) is 0 Å². The third-order valence-electron chi connectivity index (χ3n) is 3.43. The molecule has 0 unspecified atom stereocenters. The van der Waals surface area contributed by atoms with Gasteiger partial charge in [-0.3, -0.25) is 0 Å². The number of nitrogens with one attached hydrogen (secondary N) is 1. The van der Waals surface area contributed by atoms with Crippen LogP contribution < -0.4 is 5.32 Å². The molecular formula is C13H21N3O3S. The Labute approximate surface area is 120 Å². The largest absolute Gasteiger partial charge is 0.378 e. The van der Waals surface area contributed by atoms with Crippen LogP contribution in [0.3, 0.4) is 0 Å². The van der Waals surface area contributed by atoms with Gasteiger partial charge in [0.25, 0.3) is 0 Å². The van der Waals surface area contributed by atoms with Gasteiger partial charge in [-0.25, -0.2) is 13.4 Å². The zero-order valence-electron chi connectivity index (χ0n) is 11.9. The molecule has 0 saturated carbocycles. The minimum Gasteiger partial charge on any atom is -0.378 e. The molecule has 1 aromatic heterocycles. The Morgan fingerprint density at radius 2 is 2.15 bits per heavy atom. The van der Waals surface area contributed by atoms with Crippen LogP contribution in [0.5, 0.6) is 0 Å². The van der Waals surface area contributed by atoms with Gasteiger partial charge in [-0.1, -0.05) is 0 Å². The molecule has 2 rings (SSSR count). The molecule has 2 heterocycles. The fourth-order valence-corrected chi connectivity index (χ4v) is 4.02. The van der Waals surface area contributed by atoms with E-state index in [4.69, 9.17) is 4.74 Å². The van der Waals surface area contributed by atoms with Crippen LogP contribution in [-0.4, -0.2) is 50.6 Å². The average Bonchev–Trinajstić information content (AvgIpc) is 2.48. The van der Waals surface area contributed by atoms with Crippen LogP contribution in [0.25, 0.3) is 0 Å². The number of hydrogen-bond donors (Lipinski definition) is 1. The van der Waals surface area contributed by atoms with Crippen LogP contribution in [0, 0.1) is 0 Å². The summed E-state index contributed by atoms with van der Waals surface area (Å²) >= 11 is 0. The predicted molar refractivity (Wildman–Crippen MR) is 77.2 cm³/mol. The summed E-state index contributed by atoms with van der Waals surface area (Å²) in [4.78, 5) is 4.29. The summed E-state index contributed by atoms with van der Waals surface area (Å²) in [6.07, 6.45) is 3.22. The highest BCUT2D eigenvalue weighted by atomic mass is 32.2. The lowest BCUT2D eigenvalue weighted by Crippen LogP contribution is -2.41. The molecule has 1 aliphatic heterocycles.